The van der Waals surface area contributed by atoms with Crippen molar-refractivity contribution in [3.63, 3.8) is 0 Å². The van der Waals surface area contributed by atoms with Gasteiger partial charge < -0.3 is 14.0 Å². The highest BCUT2D eigenvalue weighted by Gasteiger charge is 2.42. The minimum atomic E-state index is -3.52. The first-order chi connectivity index (χ1) is 12.3. The first-order valence-corrected chi connectivity index (χ1v) is 10.4. The molecule has 3 rings (SSSR count). The predicted octanol–water partition coefficient (Wildman–Crippen LogP) is 2.26. The van der Waals surface area contributed by atoms with Crippen LogP contribution in [0.2, 0.25) is 5.02 Å². The Balaban J connectivity index is 1.67. The summed E-state index contributed by atoms with van der Waals surface area (Å²) in [5, 5.41) is 0.688. The van der Waals surface area contributed by atoms with Gasteiger partial charge in [0.2, 0.25) is 0 Å². The molecule has 2 aromatic rings. The maximum atomic E-state index is 11.2. The van der Waals surface area contributed by atoms with E-state index in [9.17, 15) is 8.42 Å². The number of nitrogens with zero attached hydrogens (tertiary/aromatic N) is 2. The molecule has 0 aliphatic carbocycles. The molecule has 0 amide bonds. The zero-order valence-electron chi connectivity index (χ0n) is 14.4. The number of benzene rings is 1. The van der Waals surface area contributed by atoms with Crippen molar-refractivity contribution in [2.45, 2.75) is 31.3 Å². The lowest BCUT2D eigenvalue weighted by Gasteiger charge is -2.28. The van der Waals surface area contributed by atoms with Gasteiger partial charge in [-0.2, -0.15) is 8.42 Å². The van der Waals surface area contributed by atoms with Gasteiger partial charge in [-0.3, -0.25) is 4.18 Å². The highest BCUT2D eigenvalue weighted by Crippen LogP contribution is 2.31. The monoisotopic (exact) mass is 400 g/mol. The Morgan fingerprint density at radius 2 is 2.15 bits per heavy atom. The molecule has 1 saturated heterocycles. The lowest BCUT2D eigenvalue weighted by Crippen LogP contribution is -2.37. The summed E-state index contributed by atoms with van der Waals surface area (Å²) < 4.78 is 41.2. The van der Waals surface area contributed by atoms with Crippen molar-refractivity contribution >= 4 is 21.7 Å². The average Bonchev–Trinajstić information content (AvgIpc) is 3.23. The van der Waals surface area contributed by atoms with E-state index in [1.54, 1.807) is 12.5 Å². The molecule has 2 heterocycles. The van der Waals surface area contributed by atoms with Crippen LogP contribution in [0.4, 0.5) is 0 Å². The van der Waals surface area contributed by atoms with Gasteiger partial charge in [0.05, 0.1) is 32.3 Å². The van der Waals surface area contributed by atoms with E-state index in [1.807, 2.05) is 35.0 Å². The Kier molecular flexibility index (Phi) is 5.99. The SMILES string of the molecule is CS(=O)(=O)OCC1COC(CCc2ccc(Cl)cc2)(Cn2ccnc2)O1. The highest BCUT2D eigenvalue weighted by atomic mass is 35.5. The van der Waals surface area contributed by atoms with Crippen molar-refractivity contribution in [2.24, 2.45) is 0 Å². The first kappa shape index (κ1) is 19.3. The van der Waals surface area contributed by atoms with E-state index in [0.717, 1.165) is 18.2 Å². The summed E-state index contributed by atoms with van der Waals surface area (Å²) in [5.41, 5.74) is 1.11. The Morgan fingerprint density at radius 1 is 1.38 bits per heavy atom. The van der Waals surface area contributed by atoms with Gasteiger partial charge in [-0.05, 0) is 24.1 Å². The van der Waals surface area contributed by atoms with Gasteiger partial charge in [-0.25, -0.2) is 4.98 Å². The van der Waals surface area contributed by atoms with Crippen LogP contribution < -0.4 is 0 Å². The third kappa shape index (κ3) is 5.52. The normalized spacial score (nSPS) is 23.4. The smallest absolute Gasteiger partial charge is 0.264 e. The fourth-order valence-corrected chi connectivity index (χ4v) is 3.36. The Bertz CT molecular complexity index is 810. The van der Waals surface area contributed by atoms with Crippen molar-refractivity contribution in [3.8, 4) is 0 Å². The van der Waals surface area contributed by atoms with Crippen LogP contribution >= 0.6 is 11.6 Å². The fourth-order valence-electron chi connectivity index (χ4n) is 2.84. The second-order valence-corrected chi connectivity index (χ2v) is 8.39. The second kappa shape index (κ2) is 8.06. The van der Waals surface area contributed by atoms with Crippen LogP contribution in [0.25, 0.3) is 0 Å². The predicted molar refractivity (Wildman–Crippen MR) is 96.4 cm³/mol. The molecule has 1 fully saturated rings. The van der Waals surface area contributed by atoms with Crippen molar-refractivity contribution in [2.75, 3.05) is 19.5 Å². The van der Waals surface area contributed by atoms with Crippen LogP contribution in [0.1, 0.15) is 12.0 Å². The maximum Gasteiger partial charge on any atom is 0.264 e. The maximum absolute atomic E-state index is 11.2. The van der Waals surface area contributed by atoms with Crippen molar-refractivity contribution in [1.82, 2.24) is 9.55 Å². The third-order valence-corrected chi connectivity index (χ3v) is 4.89. The van der Waals surface area contributed by atoms with Crippen LogP contribution in [0.15, 0.2) is 43.0 Å². The first-order valence-electron chi connectivity index (χ1n) is 8.20. The molecule has 26 heavy (non-hydrogen) atoms. The highest BCUT2D eigenvalue weighted by molar-refractivity contribution is 7.85. The van der Waals surface area contributed by atoms with E-state index < -0.39 is 22.0 Å². The number of ether oxygens (including phenoxy) is 2. The van der Waals surface area contributed by atoms with Gasteiger partial charge in [0, 0.05) is 23.8 Å². The lowest BCUT2D eigenvalue weighted by atomic mass is 10.0. The Hall–Kier alpha value is -1.45. The van der Waals surface area contributed by atoms with Gasteiger partial charge in [0.15, 0.2) is 5.79 Å². The third-order valence-electron chi connectivity index (χ3n) is 4.07. The number of hydrogen-bond acceptors (Lipinski definition) is 6. The standard InChI is InChI=1S/C17H21ClN2O5S/c1-26(21,22)24-11-16-10-23-17(25-16,12-20-9-8-19-13-20)7-6-14-2-4-15(18)5-3-14/h2-5,8-9,13,16H,6-7,10-12H2,1H3. The number of aromatic nitrogens is 2. The van der Waals surface area contributed by atoms with Crippen LogP contribution in [-0.2, 0) is 36.7 Å². The molecule has 1 aromatic heterocycles. The molecule has 1 aliphatic heterocycles. The van der Waals surface area contributed by atoms with Gasteiger partial charge in [-0.1, -0.05) is 23.7 Å². The quantitative estimate of drug-likeness (QED) is 0.632. The number of aryl methyl sites for hydroxylation is 1. The molecule has 0 bridgehead atoms. The van der Waals surface area contributed by atoms with E-state index in [0.29, 0.717) is 18.0 Å². The fraction of sp³-hybridized carbons (Fsp3) is 0.471. The summed E-state index contributed by atoms with van der Waals surface area (Å²) in [7, 11) is -3.52. The van der Waals surface area contributed by atoms with Crippen LogP contribution in [0.3, 0.4) is 0 Å². The summed E-state index contributed by atoms with van der Waals surface area (Å²) in [5.74, 6) is -0.869. The molecule has 7 nitrogen and oxygen atoms in total. The molecule has 2 atom stereocenters. The van der Waals surface area contributed by atoms with Gasteiger partial charge in [-0.15, -0.1) is 0 Å². The van der Waals surface area contributed by atoms with Crippen molar-refractivity contribution < 1.29 is 22.1 Å². The molecule has 0 radical (unpaired) electrons. The zero-order valence-corrected chi connectivity index (χ0v) is 15.9. The molecule has 1 aliphatic rings. The van der Waals surface area contributed by atoms with Crippen LogP contribution in [0, 0.1) is 0 Å². The minimum Gasteiger partial charge on any atom is -0.345 e. The average molecular weight is 401 g/mol. The Labute approximate surface area is 158 Å². The number of rotatable bonds is 8. The molecular formula is C17H21ClN2O5S. The lowest BCUT2D eigenvalue weighted by molar-refractivity contribution is -0.184. The molecule has 0 spiro atoms. The van der Waals surface area contributed by atoms with E-state index in [4.69, 9.17) is 25.3 Å². The summed E-state index contributed by atoms with van der Waals surface area (Å²) in [6.45, 7) is 0.659. The second-order valence-electron chi connectivity index (χ2n) is 6.31. The van der Waals surface area contributed by atoms with E-state index in [-0.39, 0.29) is 13.2 Å². The number of imidazole rings is 1. The summed E-state index contributed by atoms with van der Waals surface area (Å²) in [6, 6.07) is 7.62. The van der Waals surface area contributed by atoms with Gasteiger partial charge >= 0.3 is 0 Å². The largest absolute Gasteiger partial charge is 0.345 e. The van der Waals surface area contributed by atoms with Crippen LogP contribution in [-0.4, -0.2) is 49.3 Å². The number of hydrogen-bond donors (Lipinski definition) is 0. The van der Waals surface area contributed by atoms with E-state index in [2.05, 4.69) is 4.98 Å². The minimum absolute atomic E-state index is 0.0640. The van der Waals surface area contributed by atoms with E-state index >= 15 is 0 Å². The molecular weight excluding hydrogens is 380 g/mol. The molecule has 1 aromatic carbocycles. The molecule has 0 saturated carbocycles. The molecule has 0 N–H and O–H groups in total. The summed E-state index contributed by atoms with van der Waals surface area (Å²) in [4.78, 5) is 4.04. The van der Waals surface area contributed by atoms with Crippen molar-refractivity contribution in [1.29, 1.82) is 0 Å². The molecule has 9 heteroatoms. The van der Waals surface area contributed by atoms with Crippen molar-refractivity contribution in [3.05, 3.63) is 53.6 Å². The Morgan fingerprint density at radius 3 is 2.81 bits per heavy atom. The van der Waals surface area contributed by atoms with Gasteiger partial charge in [0.25, 0.3) is 10.1 Å². The van der Waals surface area contributed by atoms with Crippen LogP contribution in [0.5, 0.6) is 0 Å². The molecule has 2 unspecified atom stereocenters. The van der Waals surface area contributed by atoms with Gasteiger partial charge in [0.1, 0.15) is 6.10 Å². The topological polar surface area (TPSA) is 79.7 Å². The zero-order chi connectivity index (χ0) is 18.6. The number of halogens is 1. The summed E-state index contributed by atoms with van der Waals surface area (Å²) >= 11 is 5.93. The molecule has 142 valence electrons. The van der Waals surface area contributed by atoms with E-state index in [1.165, 1.54) is 0 Å². The summed E-state index contributed by atoms with van der Waals surface area (Å²) in [6.07, 6.45) is 7.11.